The molecule has 28 heavy (non-hydrogen) atoms. The second-order valence-electron chi connectivity index (χ2n) is 6.31. The molecule has 1 aliphatic rings. The van der Waals surface area contributed by atoms with Crippen LogP contribution in [-0.2, 0) is 14.3 Å². The molecule has 7 nitrogen and oxygen atoms in total. The predicted molar refractivity (Wildman–Crippen MR) is 101 cm³/mol. The number of carbonyl (C=O) groups excluding carboxylic acids is 2. The number of cyclic esters (lactones) is 1. The van der Waals surface area contributed by atoms with E-state index in [1.807, 2.05) is 0 Å². The molecule has 3 aromatic rings. The van der Waals surface area contributed by atoms with Gasteiger partial charge in [-0.25, -0.2) is 9.59 Å². The van der Waals surface area contributed by atoms with Gasteiger partial charge in [-0.1, -0.05) is 18.2 Å². The minimum absolute atomic E-state index is 0.200. The fourth-order valence-electron chi connectivity index (χ4n) is 3.17. The van der Waals surface area contributed by atoms with Crippen molar-refractivity contribution < 1.29 is 23.8 Å². The summed E-state index contributed by atoms with van der Waals surface area (Å²) in [6.07, 6.45) is 0.836. The molecule has 1 fully saturated rings. The molecule has 1 saturated heterocycles. The molecule has 2 aromatic carbocycles. The summed E-state index contributed by atoms with van der Waals surface area (Å²) in [7, 11) is 1.55. The largest absolute Gasteiger partial charge is 0.497 e. The Bertz CT molecular complexity index is 1120. The molecule has 2 heterocycles. The average molecular weight is 379 g/mol. The number of rotatable bonds is 4. The first-order chi connectivity index (χ1) is 13.6. The predicted octanol–water partition coefficient (Wildman–Crippen LogP) is 2.47. The van der Waals surface area contributed by atoms with E-state index in [-0.39, 0.29) is 17.7 Å². The molecule has 1 atom stereocenters. The van der Waals surface area contributed by atoms with Gasteiger partial charge in [0.25, 0.3) is 5.56 Å². The zero-order valence-electron chi connectivity index (χ0n) is 15.1. The maximum absolute atomic E-state index is 13.0. The summed E-state index contributed by atoms with van der Waals surface area (Å²) in [5.41, 5.74) is 0.509. The van der Waals surface area contributed by atoms with Gasteiger partial charge < -0.3 is 14.2 Å². The fraction of sp³-hybridized carbons (Fsp3) is 0.190. The highest BCUT2D eigenvalue weighted by Crippen LogP contribution is 2.21. The van der Waals surface area contributed by atoms with Crippen LogP contribution in [0.1, 0.15) is 16.8 Å². The van der Waals surface area contributed by atoms with Crippen molar-refractivity contribution in [3.8, 4) is 11.4 Å². The molecule has 142 valence electrons. The van der Waals surface area contributed by atoms with E-state index < -0.39 is 18.0 Å². The van der Waals surface area contributed by atoms with E-state index in [9.17, 15) is 14.4 Å². The standard InChI is InChI=1S/C21H17NO6/c1-26-14-8-6-13(7-9-14)22-12-17(15-4-2-3-5-16(15)19(22)23)20(24)28-18-10-11-27-21(18)25/h2-9,12,18H,10-11H2,1H3/t18-/m1/s1. The summed E-state index contributed by atoms with van der Waals surface area (Å²) >= 11 is 0. The Morgan fingerprint density at radius 3 is 2.43 bits per heavy atom. The van der Waals surface area contributed by atoms with Crippen molar-refractivity contribution in [2.75, 3.05) is 13.7 Å². The SMILES string of the molecule is COc1ccc(-n2cc(C(=O)O[C@@H]3CCOC3=O)c3ccccc3c2=O)cc1. The Balaban J connectivity index is 1.83. The maximum Gasteiger partial charge on any atom is 0.347 e. The number of hydrogen-bond acceptors (Lipinski definition) is 6. The third kappa shape index (κ3) is 3.11. The highest BCUT2D eigenvalue weighted by atomic mass is 16.6. The average Bonchev–Trinajstić information content (AvgIpc) is 3.13. The normalized spacial score (nSPS) is 16.0. The molecule has 0 aliphatic carbocycles. The van der Waals surface area contributed by atoms with Crippen LogP contribution >= 0.6 is 0 Å². The molecule has 7 heteroatoms. The van der Waals surface area contributed by atoms with Crippen molar-refractivity contribution in [2.45, 2.75) is 12.5 Å². The van der Waals surface area contributed by atoms with Crippen molar-refractivity contribution in [2.24, 2.45) is 0 Å². The van der Waals surface area contributed by atoms with Crippen LogP contribution < -0.4 is 10.3 Å². The molecular formula is C21H17NO6. The number of benzene rings is 2. The van der Waals surface area contributed by atoms with Gasteiger partial charge in [-0.2, -0.15) is 0 Å². The number of carbonyl (C=O) groups is 2. The van der Waals surface area contributed by atoms with E-state index in [4.69, 9.17) is 14.2 Å². The van der Waals surface area contributed by atoms with Crippen LogP contribution in [-0.4, -0.2) is 36.3 Å². The lowest BCUT2D eigenvalue weighted by atomic mass is 10.1. The lowest BCUT2D eigenvalue weighted by Gasteiger charge is -2.14. The molecular weight excluding hydrogens is 362 g/mol. The Morgan fingerprint density at radius 2 is 1.79 bits per heavy atom. The first-order valence-electron chi connectivity index (χ1n) is 8.75. The molecule has 0 bridgehead atoms. The van der Waals surface area contributed by atoms with Crippen molar-refractivity contribution in [1.82, 2.24) is 4.57 Å². The smallest absolute Gasteiger partial charge is 0.347 e. The summed E-state index contributed by atoms with van der Waals surface area (Å²) in [5, 5.41) is 0.843. The Labute approximate surface area is 160 Å². The van der Waals surface area contributed by atoms with Gasteiger partial charge in [0.05, 0.1) is 19.3 Å². The molecule has 0 radical (unpaired) electrons. The number of fused-ring (bicyclic) bond motifs is 1. The molecule has 1 aliphatic heterocycles. The summed E-state index contributed by atoms with van der Waals surface area (Å²) in [4.78, 5) is 37.4. The Hall–Kier alpha value is -3.61. The number of esters is 2. The quantitative estimate of drug-likeness (QED) is 0.648. The second kappa shape index (κ2) is 7.19. The maximum atomic E-state index is 13.0. The van der Waals surface area contributed by atoms with Crippen LogP contribution in [0.25, 0.3) is 16.5 Å². The van der Waals surface area contributed by atoms with Gasteiger partial charge in [0, 0.05) is 29.1 Å². The highest BCUT2D eigenvalue weighted by molar-refractivity contribution is 6.04. The van der Waals surface area contributed by atoms with Gasteiger partial charge >= 0.3 is 11.9 Å². The van der Waals surface area contributed by atoms with Crippen LogP contribution in [0.3, 0.4) is 0 Å². The van der Waals surface area contributed by atoms with Crippen LogP contribution in [0.2, 0.25) is 0 Å². The van der Waals surface area contributed by atoms with Crippen LogP contribution in [0.15, 0.2) is 59.5 Å². The first kappa shape index (κ1) is 17.8. The van der Waals surface area contributed by atoms with Crippen molar-refractivity contribution >= 4 is 22.7 Å². The highest BCUT2D eigenvalue weighted by Gasteiger charge is 2.31. The summed E-state index contributed by atoms with van der Waals surface area (Å²) < 4.78 is 16.7. The number of aromatic nitrogens is 1. The number of methoxy groups -OCH3 is 1. The lowest BCUT2D eigenvalue weighted by molar-refractivity contribution is -0.145. The minimum Gasteiger partial charge on any atom is -0.497 e. The molecule has 0 saturated carbocycles. The molecule has 0 unspecified atom stereocenters. The third-order valence-electron chi connectivity index (χ3n) is 4.63. The second-order valence-corrected chi connectivity index (χ2v) is 6.31. The van der Waals surface area contributed by atoms with Gasteiger partial charge in [-0.15, -0.1) is 0 Å². The van der Waals surface area contributed by atoms with Crippen LogP contribution in [0.5, 0.6) is 5.75 Å². The van der Waals surface area contributed by atoms with Crippen LogP contribution in [0.4, 0.5) is 0 Å². The van der Waals surface area contributed by atoms with E-state index >= 15 is 0 Å². The van der Waals surface area contributed by atoms with E-state index in [1.54, 1.807) is 55.6 Å². The fourth-order valence-corrected chi connectivity index (χ4v) is 3.17. The lowest BCUT2D eigenvalue weighted by Crippen LogP contribution is -2.25. The zero-order valence-corrected chi connectivity index (χ0v) is 15.1. The Morgan fingerprint density at radius 1 is 1.07 bits per heavy atom. The van der Waals surface area contributed by atoms with Crippen molar-refractivity contribution in [3.63, 3.8) is 0 Å². The Kier molecular flexibility index (Phi) is 4.57. The first-order valence-corrected chi connectivity index (χ1v) is 8.75. The van der Waals surface area contributed by atoms with Gasteiger partial charge in [0.2, 0.25) is 6.10 Å². The monoisotopic (exact) mass is 379 g/mol. The van der Waals surface area contributed by atoms with Gasteiger partial charge in [0.1, 0.15) is 5.75 Å². The molecule has 0 spiro atoms. The number of nitrogens with zero attached hydrogens (tertiary/aromatic N) is 1. The third-order valence-corrected chi connectivity index (χ3v) is 4.63. The molecule has 4 rings (SSSR count). The van der Waals surface area contributed by atoms with E-state index in [0.717, 1.165) is 0 Å². The van der Waals surface area contributed by atoms with Gasteiger partial charge in [-0.3, -0.25) is 9.36 Å². The van der Waals surface area contributed by atoms with E-state index in [1.165, 1.54) is 10.8 Å². The molecule has 0 amide bonds. The number of ether oxygens (including phenoxy) is 3. The number of hydrogen-bond donors (Lipinski definition) is 0. The molecule has 0 N–H and O–H groups in total. The van der Waals surface area contributed by atoms with Crippen LogP contribution in [0, 0.1) is 0 Å². The zero-order chi connectivity index (χ0) is 19.7. The summed E-state index contributed by atoms with van der Waals surface area (Å²) in [6, 6.07) is 13.7. The van der Waals surface area contributed by atoms with Gasteiger partial charge in [-0.05, 0) is 30.3 Å². The van der Waals surface area contributed by atoms with E-state index in [2.05, 4.69) is 0 Å². The topological polar surface area (TPSA) is 83.8 Å². The van der Waals surface area contributed by atoms with Crippen molar-refractivity contribution in [1.29, 1.82) is 0 Å². The number of pyridine rings is 1. The molecule has 1 aromatic heterocycles. The minimum atomic E-state index is -0.923. The van der Waals surface area contributed by atoms with Gasteiger partial charge in [0.15, 0.2) is 0 Å². The van der Waals surface area contributed by atoms with Crippen molar-refractivity contribution in [3.05, 3.63) is 70.6 Å². The summed E-state index contributed by atoms with van der Waals surface area (Å²) in [5.74, 6) is -0.583. The van der Waals surface area contributed by atoms with E-state index in [0.29, 0.717) is 28.6 Å². The summed E-state index contributed by atoms with van der Waals surface area (Å²) in [6.45, 7) is 0.225.